The summed E-state index contributed by atoms with van der Waals surface area (Å²) in [6, 6.07) is 0. The number of hydrogen-bond donors (Lipinski definition) is 1. The quantitative estimate of drug-likeness (QED) is 0.370. The Morgan fingerprint density at radius 1 is 1.03 bits per heavy atom. The van der Waals surface area contributed by atoms with Gasteiger partial charge in [-0.05, 0) is 26.7 Å². The molecule has 1 fully saturated rings. The molecule has 3 rings (SSSR count). The number of Topliss-reactive ketones (excluding diaryl/α,β-unsaturated/α-hetero) is 2. The highest BCUT2D eigenvalue weighted by molar-refractivity contribution is 6.27. The molecule has 1 spiro atoms. The Kier molecular flexibility index (Phi) is 5.90. The van der Waals surface area contributed by atoms with Gasteiger partial charge in [0.25, 0.3) is 5.79 Å². The molecule has 0 bridgehead atoms. The van der Waals surface area contributed by atoms with Gasteiger partial charge in [-0.1, -0.05) is 0 Å². The molecule has 5 unspecified atom stereocenters. The van der Waals surface area contributed by atoms with Crippen molar-refractivity contribution in [2.75, 3.05) is 0 Å². The number of esters is 3. The number of carbonyl (C=O) groups is 5. The van der Waals surface area contributed by atoms with Gasteiger partial charge >= 0.3 is 17.9 Å². The lowest BCUT2D eigenvalue weighted by molar-refractivity contribution is -0.334. The smallest absolute Gasteiger partial charge is 0.304 e. The molecule has 0 aromatic heterocycles. The molecule has 1 N–H and O–H groups in total. The SMILES string of the molecule is CC(=O)OC1CCC(C)OC12OC=C1C(=O)C(C)(OC(C)=O)C(=O)C(O)=C1C2OC(C)=O. The third-order valence-electron chi connectivity index (χ3n) is 5.47. The van der Waals surface area contributed by atoms with Crippen molar-refractivity contribution in [1.82, 2.24) is 0 Å². The third kappa shape index (κ3) is 3.66. The fourth-order valence-electron chi connectivity index (χ4n) is 4.15. The van der Waals surface area contributed by atoms with E-state index in [1.165, 1.54) is 6.92 Å². The highest BCUT2D eigenvalue weighted by Gasteiger charge is 2.64. The summed E-state index contributed by atoms with van der Waals surface area (Å²) in [5.41, 5.74) is -3.06. The zero-order valence-electron chi connectivity index (χ0n) is 18.3. The zero-order valence-corrected chi connectivity index (χ0v) is 18.3. The normalized spacial score (nSPS) is 34.3. The number of fused-ring (bicyclic) bond motifs is 1. The van der Waals surface area contributed by atoms with E-state index in [0.29, 0.717) is 6.42 Å². The Morgan fingerprint density at radius 3 is 2.22 bits per heavy atom. The molecule has 1 aliphatic carbocycles. The van der Waals surface area contributed by atoms with Gasteiger partial charge in [0.15, 0.2) is 11.9 Å². The summed E-state index contributed by atoms with van der Waals surface area (Å²) in [7, 11) is 0. The van der Waals surface area contributed by atoms with Crippen molar-refractivity contribution in [3.8, 4) is 0 Å². The molecule has 0 radical (unpaired) electrons. The number of hydrogen-bond acceptors (Lipinski definition) is 11. The van der Waals surface area contributed by atoms with Gasteiger partial charge in [0.1, 0.15) is 0 Å². The summed E-state index contributed by atoms with van der Waals surface area (Å²) < 4.78 is 27.4. The summed E-state index contributed by atoms with van der Waals surface area (Å²) in [5.74, 6) is -7.53. The Bertz CT molecular complexity index is 961. The predicted molar refractivity (Wildman–Crippen MR) is 103 cm³/mol. The van der Waals surface area contributed by atoms with Gasteiger partial charge in [0.2, 0.25) is 23.3 Å². The van der Waals surface area contributed by atoms with Crippen molar-refractivity contribution < 1.29 is 52.8 Å². The van der Waals surface area contributed by atoms with Crippen LogP contribution in [0, 0.1) is 0 Å². The highest BCUT2D eigenvalue weighted by atomic mass is 16.7. The van der Waals surface area contributed by atoms with Crippen LogP contribution in [0.1, 0.15) is 47.5 Å². The van der Waals surface area contributed by atoms with Crippen LogP contribution >= 0.6 is 0 Å². The fraction of sp³-hybridized carbons (Fsp3) is 0.571. The van der Waals surface area contributed by atoms with E-state index in [0.717, 1.165) is 27.0 Å². The lowest BCUT2D eigenvalue weighted by Crippen LogP contribution is -2.65. The zero-order chi connectivity index (χ0) is 24.0. The predicted octanol–water partition coefficient (Wildman–Crippen LogP) is 0.945. The molecule has 11 heteroatoms. The number of aliphatic hydroxyl groups excluding tert-OH is 1. The summed E-state index contributed by atoms with van der Waals surface area (Å²) >= 11 is 0. The van der Waals surface area contributed by atoms with Gasteiger partial charge in [-0.25, -0.2) is 0 Å². The van der Waals surface area contributed by atoms with E-state index in [1.54, 1.807) is 6.92 Å². The van der Waals surface area contributed by atoms with Crippen LogP contribution < -0.4 is 0 Å². The fourth-order valence-corrected chi connectivity index (χ4v) is 4.15. The number of ether oxygens (including phenoxy) is 5. The molecule has 2 heterocycles. The summed E-state index contributed by atoms with van der Waals surface area (Å²) in [4.78, 5) is 61.2. The van der Waals surface area contributed by atoms with E-state index in [2.05, 4.69) is 0 Å². The van der Waals surface area contributed by atoms with E-state index in [4.69, 9.17) is 23.7 Å². The van der Waals surface area contributed by atoms with Crippen LogP contribution in [0.25, 0.3) is 0 Å². The lowest BCUT2D eigenvalue weighted by atomic mass is 9.74. The van der Waals surface area contributed by atoms with Crippen LogP contribution in [-0.2, 0) is 47.7 Å². The van der Waals surface area contributed by atoms with Crippen molar-refractivity contribution in [1.29, 1.82) is 0 Å². The second kappa shape index (κ2) is 8.05. The van der Waals surface area contributed by atoms with Crippen LogP contribution in [0.15, 0.2) is 23.2 Å². The molecule has 3 aliphatic rings. The number of rotatable bonds is 3. The first-order valence-corrected chi connectivity index (χ1v) is 9.96. The van der Waals surface area contributed by atoms with Gasteiger partial charge in [0.05, 0.1) is 23.5 Å². The Morgan fingerprint density at radius 2 is 1.66 bits per heavy atom. The minimum absolute atomic E-state index is 0.253. The largest absolute Gasteiger partial charge is 0.504 e. The molecule has 0 amide bonds. The summed E-state index contributed by atoms with van der Waals surface area (Å²) in [6.07, 6.45) is -1.52. The average molecular weight is 452 g/mol. The van der Waals surface area contributed by atoms with Crippen molar-refractivity contribution in [2.24, 2.45) is 0 Å². The summed E-state index contributed by atoms with van der Waals surface area (Å²) in [6.45, 7) is 6.00. The number of carbonyl (C=O) groups excluding carboxylic acids is 5. The van der Waals surface area contributed by atoms with Crippen molar-refractivity contribution in [3.05, 3.63) is 23.2 Å². The summed E-state index contributed by atoms with van der Waals surface area (Å²) in [5, 5.41) is 10.8. The Balaban J connectivity index is 2.22. The van der Waals surface area contributed by atoms with Gasteiger partial charge in [-0.15, -0.1) is 0 Å². The maximum Gasteiger partial charge on any atom is 0.304 e. The number of aliphatic hydroxyl groups is 1. The van der Waals surface area contributed by atoms with Crippen LogP contribution in [0.3, 0.4) is 0 Å². The van der Waals surface area contributed by atoms with E-state index in [9.17, 15) is 29.1 Å². The maximum atomic E-state index is 13.1. The minimum Gasteiger partial charge on any atom is -0.504 e. The maximum absolute atomic E-state index is 13.1. The standard InChI is InChI=1S/C21H24O11/c1-9-6-7-14(29-10(2)22)21(31-9)19(30-11(3)23)15-13(8-28-21)17(26)20(5,32-12(4)24)18(27)16(15)25/h8-9,14,19,25H,6-7H2,1-5H3. The Labute approximate surface area is 183 Å². The van der Waals surface area contributed by atoms with Crippen molar-refractivity contribution in [2.45, 2.75) is 77.2 Å². The van der Waals surface area contributed by atoms with Crippen LogP contribution in [-0.4, -0.2) is 64.3 Å². The van der Waals surface area contributed by atoms with Gasteiger partial charge in [-0.2, -0.15) is 0 Å². The first-order chi connectivity index (χ1) is 14.8. The second-order valence-corrected chi connectivity index (χ2v) is 8.01. The molecule has 32 heavy (non-hydrogen) atoms. The Hall–Kier alpha value is -3.21. The molecule has 2 aliphatic heterocycles. The molecule has 0 aromatic rings. The van der Waals surface area contributed by atoms with E-state index >= 15 is 0 Å². The molecular weight excluding hydrogens is 428 g/mol. The lowest BCUT2D eigenvalue weighted by Gasteiger charge is -2.50. The molecular formula is C21H24O11. The van der Waals surface area contributed by atoms with Crippen LogP contribution in [0.4, 0.5) is 0 Å². The van der Waals surface area contributed by atoms with E-state index < -0.39 is 64.9 Å². The molecule has 174 valence electrons. The number of ketones is 2. The van der Waals surface area contributed by atoms with Crippen molar-refractivity contribution >= 4 is 29.5 Å². The molecule has 0 aromatic carbocycles. The highest BCUT2D eigenvalue weighted by Crippen LogP contribution is 2.47. The molecule has 11 nitrogen and oxygen atoms in total. The van der Waals surface area contributed by atoms with Crippen LogP contribution in [0.5, 0.6) is 0 Å². The van der Waals surface area contributed by atoms with E-state index in [1.807, 2.05) is 0 Å². The molecule has 1 saturated heterocycles. The van der Waals surface area contributed by atoms with Gasteiger partial charge in [0, 0.05) is 20.8 Å². The second-order valence-electron chi connectivity index (χ2n) is 8.01. The van der Waals surface area contributed by atoms with E-state index in [-0.39, 0.29) is 17.6 Å². The van der Waals surface area contributed by atoms with Crippen molar-refractivity contribution in [3.63, 3.8) is 0 Å². The van der Waals surface area contributed by atoms with Crippen LogP contribution in [0.2, 0.25) is 0 Å². The van der Waals surface area contributed by atoms with Gasteiger partial charge < -0.3 is 28.8 Å². The first-order valence-electron chi connectivity index (χ1n) is 9.96. The first kappa shape index (κ1) is 23.5. The third-order valence-corrected chi connectivity index (χ3v) is 5.47. The molecule has 0 saturated carbocycles. The van der Waals surface area contributed by atoms with Gasteiger partial charge in [-0.3, -0.25) is 24.0 Å². The average Bonchev–Trinajstić information content (AvgIpc) is 2.67. The minimum atomic E-state index is -2.34. The molecule has 5 atom stereocenters. The topological polar surface area (TPSA) is 152 Å². The monoisotopic (exact) mass is 452 g/mol.